The first-order chi connectivity index (χ1) is 8.56. The third kappa shape index (κ3) is 2.54. The van der Waals surface area contributed by atoms with Crippen LogP contribution in [-0.2, 0) is 4.79 Å². The summed E-state index contributed by atoms with van der Waals surface area (Å²) in [6.45, 7) is 1.43. The first-order valence-electron chi connectivity index (χ1n) is 5.22. The number of benzene rings is 1. The van der Waals surface area contributed by atoms with E-state index in [4.69, 9.17) is 5.11 Å². The van der Waals surface area contributed by atoms with E-state index in [1.165, 1.54) is 13.1 Å². The van der Waals surface area contributed by atoms with Crippen LogP contribution in [0.25, 0.3) is 11.4 Å². The number of H-pyrrole nitrogens is 1. The first kappa shape index (κ1) is 11.8. The Balaban J connectivity index is 2.22. The SMILES string of the molecule is CC(=O)Nc1ccc(-c2ncc(C(=O)O)[nH]2)cc1. The fraction of sp³-hybridized carbons (Fsp3) is 0.0833. The summed E-state index contributed by atoms with van der Waals surface area (Å²) in [4.78, 5) is 28.2. The van der Waals surface area contributed by atoms with Gasteiger partial charge in [-0.15, -0.1) is 0 Å². The molecule has 2 aromatic rings. The molecule has 1 aromatic heterocycles. The van der Waals surface area contributed by atoms with Gasteiger partial charge in [-0.25, -0.2) is 9.78 Å². The molecule has 1 heterocycles. The highest BCUT2D eigenvalue weighted by atomic mass is 16.4. The molecule has 1 amide bonds. The van der Waals surface area contributed by atoms with Gasteiger partial charge in [0.2, 0.25) is 5.91 Å². The van der Waals surface area contributed by atoms with Crippen molar-refractivity contribution in [1.29, 1.82) is 0 Å². The molecule has 0 saturated carbocycles. The maximum atomic E-state index is 10.9. The van der Waals surface area contributed by atoms with E-state index in [0.717, 1.165) is 5.56 Å². The third-order valence-corrected chi connectivity index (χ3v) is 2.28. The second kappa shape index (κ2) is 4.70. The number of nitrogens with zero attached hydrogens (tertiary/aromatic N) is 1. The fourth-order valence-electron chi connectivity index (χ4n) is 1.49. The number of hydrogen-bond donors (Lipinski definition) is 3. The number of anilines is 1. The lowest BCUT2D eigenvalue weighted by Gasteiger charge is -2.02. The monoisotopic (exact) mass is 245 g/mol. The van der Waals surface area contributed by atoms with Crippen molar-refractivity contribution in [3.05, 3.63) is 36.2 Å². The molecule has 92 valence electrons. The van der Waals surface area contributed by atoms with Gasteiger partial charge in [0.05, 0.1) is 6.20 Å². The summed E-state index contributed by atoms with van der Waals surface area (Å²) < 4.78 is 0. The molecular formula is C12H11N3O3. The number of carboxylic acid groups (broad SMARTS) is 1. The molecule has 0 unspecified atom stereocenters. The van der Waals surface area contributed by atoms with Gasteiger partial charge in [-0.3, -0.25) is 4.79 Å². The number of carboxylic acids is 1. The van der Waals surface area contributed by atoms with Gasteiger partial charge in [0.1, 0.15) is 11.5 Å². The van der Waals surface area contributed by atoms with Gasteiger partial charge >= 0.3 is 5.97 Å². The van der Waals surface area contributed by atoms with E-state index >= 15 is 0 Å². The number of aromatic amines is 1. The molecule has 18 heavy (non-hydrogen) atoms. The Morgan fingerprint density at radius 2 is 1.94 bits per heavy atom. The molecular weight excluding hydrogens is 234 g/mol. The number of carbonyl (C=O) groups is 2. The Morgan fingerprint density at radius 1 is 1.28 bits per heavy atom. The topological polar surface area (TPSA) is 95.1 Å². The smallest absolute Gasteiger partial charge is 0.353 e. The molecule has 2 rings (SSSR count). The Hall–Kier alpha value is -2.63. The van der Waals surface area contributed by atoms with Crippen molar-refractivity contribution >= 4 is 17.6 Å². The van der Waals surface area contributed by atoms with Crippen LogP contribution in [0, 0.1) is 0 Å². The normalized spacial score (nSPS) is 10.1. The predicted octanol–water partition coefficient (Wildman–Crippen LogP) is 1.73. The summed E-state index contributed by atoms with van der Waals surface area (Å²) in [5, 5.41) is 11.4. The van der Waals surface area contributed by atoms with Crippen molar-refractivity contribution in [2.75, 3.05) is 5.32 Å². The summed E-state index contributed by atoms with van der Waals surface area (Å²) in [5.41, 5.74) is 1.46. The lowest BCUT2D eigenvalue weighted by molar-refractivity contribution is -0.114. The van der Waals surface area contributed by atoms with E-state index in [-0.39, 0.29) is 11.6 Å². The molecule has 0 bridgehead atoms. The van der Waals surface area contributed by atoms with Crippen LogP contribution in [0.15, 0.2) is 30.5 Å². The second-order valence-corrected chi connectivity index (χ2v) is 3.71. The Morgan fingerprint density at radius 3 is 2.44 bits per heavy atom. The van der Waals surface area contributed by atoms with Crippen LogP contribution in [0.3, 0.4) is 0 Å². The summed E-state index contributed by atoms with van der Waals surface area (Å²) in [6.07, 6.45) is 1.26. The molecule has 1 aromatic carbocycles. The molecule has 0 radical (unpaired) electrons. The van der Waals surface area contributed by atoms with Crippen LogP contribution in [0.5, 0.6) is 0 Å². The number of imidazole rings is 1. The largest absolute Gasteiger partial charge is 0.477 e. The fourth-order valence-corrected chi connectivity index (χ4v) is 1.49. The minimum atomic E-state index is -1.05. The van der Waals surface area contributed by atoms with Crippen molar-refractivity contribution in [2.24, 2.45) is 0 Å². The maximum absolute atomic E-state index is 10.9. The van der Waals surface area contributed by atoms with Crippen molar-refractivity contribution in [3.63, 3.8) is 0 Å². The highest BCUT2D eigenvalue weighted by Gasteiger charge is 2.08. The number of carbonyl (C=O) groups excluding carboxylic acids is 1. The molecule has 6 nitrogen and oxygen atoms in total. The van der Waals surface area contributed by atoms with Crippen LogP contribution in [0.2, 0.25) is 0 Å². The van der Waals surface area contributed by atoms with E-state index in [9.17, 15) is 9.59 Å². The minimum absolute atomic E-state index is 0.0379. The van der Waals surface area contributed by atoms with Crippen LogP contribution in [0.4, 0.5) is 5.69 Å². The van der Waals surface area contributed by atoms with E-state index in [1.54, 1.807) is 24.3 Å². The highest BCUT2D eigenvalue weighted by molar-refractivity contribution is 5.89. The number of hydrogen-bond acceptors (Lipinski definition) is 3. The van der Waals surface area contributed by atoms with Crippen LogP contribution < -0.4 is 5.32 Å². The van der Waals surface area contributed by atoms with Crippen LogP contribution >= 0.6 is 0 Å². The molecule has 0 fully saturated rings. The zero-order chi connectivity index (χ0) is 13.1. The summed E-state index contributed by atoms with van der Waals surface area (Å²) in [5.74, 6) is -0.723. The predicted molar refractivity (Wildman–Crippen MR) is 65.3 cm³/mol. The first-order valence-corrected chi connectivity index (χ1v) is 5.22. The van der Waals surface area contributed by atoms with E-state index in [1.807, 2.05) is 0 Å². The van der Waals surface area contributed by atoms with Crippen molar-refractivity contribution < 1.29 is 14.7 Å². The Kier molecular flexibility index (Phi) is 3.09. The minimum Gasteiger partial charge on any atom is -0.477 e. The standard InChI is InChI=1S/C12H11N3O3/c1-7(16)14-9-4-2-8(3-5-9)11-13-6-10(15-11)12(17)18/h2-6H,1H3,(H,13,15)(H,14,16)(H,17,18). The molecule has 0 saturated heterocycles. The van der Waals surface area contributed by atoms with Crippen LogP contribution in [-0.4, -0.2) is 27.0 Å². The lowest BCUT2D eigenvalue weighted by atomic mass is 10.2. The molecule has 3 N–H and O–H groups in total. The zero-order valence-corrected chi connectivity index (χ0v) is 9.60. The average Bonchev–Trinajstić information content (AvgIpc) is 2.78. The summed E-state index contributed by atoms with van der Waals surface area (Å²) in [6, 6.07) is 6.94. The molecule has 0 atom stereocenters. The van der Waals surface area contributed by atoms with Gasteiger partial charge in [0.15, 0.2) is 0 Å². The number of nitrogens with one attached hydrogen (secondary N) is 2. The average molecular weight is 245 g/mol. The molecule has 0 aliphatic carbocycles. The summed E-state index contributed by atoms with van der Waals surface area (Å²) in [7, 11) is 0. The van der Waals surface area contributed by atoms with Gasteiger partial charge < -0.3 is 15.4 Å². The Bertz CT molecular complexity index is 587. The molecule has 0 aliphatic rings. The van der Waals surface area contributed by atoms with Crippen molar-refractivity contribution in [1.82, 2.24) is 9.97 Å². The lowest BCUT2D eigenvalue weighted by Crippen LogP contribution is -2.05. The summed E-state index contributed by atoms with van der Waals surface area (Å²) >= 11 is 0. The quantitative estimate of drug-likeness (QED) is 0.767. The molecule has 0 spiro atoms. The van der Waals surface area contributed by atoms with Crippen LogP contribution in [0.1, 0.15) is 17.4 Å². The van der Waals surface area contributed by atoms with Gasteiger partial charge in [-0.05, 0) is 24.3 Å². The third-order valence-electron chi connectivity index (χ3n) is 2.28. The van der Waals surface area contributed by atoms with Gasteiger partial charge in [-0.2, -0.15) is 0 Å². The van der Waals surface area contributed by atoms with E-state index in [0.29, 0.717) is 11.5 Å². The molecule has 0 aliphatic heterocycles. The molecule has 6 heteroatoms. The van der Waals surface area contributed by atoms with Crippen molar-refractivity contribution in [2.45, 2.75) is 6.92 Å². The van der Waals surface area contributed by atoms with Gasteiger partial charge in [0, 0.05) is 18.2 Å². The maximum Gasteiger partial charge on any atom is 0.353 e. The highest BCUT2D eigenvalue weighted by Crippen LogP contribution is 2.18. The van der Waals surface area contributed by atoms with E-state index in [2.05, 4.69) is 15.3 Å². The number of amides is 1. The zero-order valence-electron chi connectivity index (χ0n) is 9.60. The number of rotatable bonds is 3. The van der Waals surface area contributed by atoms with Gasteiger partial charge in [0.25, 0.3) is 0 Å². The Labute approximate surface area is 103 Å². The number of aromatic nitrogens is 2. The number of aromatic carboxylic acids is 1. The second-order valence-electron chi connectivity index (χ2n) is 3.71. The van der Waals surface area contributed by atoms with Gasteiger partial charge in [-0.1, -0.05) is 0 Å². The van der Waals surface area contributed by atoms with E-state index < -0.39 is 5.97 Å². The van der Waals surface area contributed by atoms with Crippen molar-refractivity contribution in [3.8, 4) is 11.4 Å².